The third kappa shape index (κ3) is 2.32. The molecule has 1 aliphatic heterocycles. The van der Waals surface area contributed by atoms with Gasteiger partial charge in [0.15, 0.2) is 0 Å². The van der Waals surface area contributed by atoms with E-state index in [0.29, 0.717) is 6.10 Å². The number of benzene rings is 1. The molecule has 0 spiro atoms. The highest BCUT2D eigenvalue weighted by Crippen LogP contribution is 2.34. The van der Waals surface area contributed by atoms with Crippen molar-refractivity contribution in [2.45, 2.75) is 44.8 Å². The molecule has 1 aliphatic rings. The normalized spacial score (nSPS) is 24.4. The lowest BCUT2D eigenvalue weighted by Gasteiger charge is -2.30. The number of rotatable bonds is 3. The summed E-state index contributed by atoms with van der Waals surface area (Å²) < 4.78 is 5.92. The summed E-state index contributed by atoms with van der Waals surface area (Å²) in [5.41, 5.74) is 7.29. The third-order valence-corrected chi connectivity index (χ3v) is 3.01. The van der Waals surface area contributed by atoms with Crippen molar-refractivity contribution < 1.29 is 4.74 Å². The van der Waals surface area contributed by atoms with Gasteiger partial charge in [-0.05, 0) is 12.5 Å². The summed E-state index contributed by atoms with van der Waals surface area (Å²) in [5.74, 6) is 0.984. The first-order chi connectivity index (χ1) is 7.31. The van der Waals surface area contributed by atoms with Gasteiger partial charge in [0.05, 0.1) is 0 Å². The van der Waals surface area contributed by atoms with E-state index in [4.69, 9.17) is 10.5 Å². The molecule has 0 radical (unpaired) electrons. The van der Waals surface area contributed by atoms with Crippen LogP contribution >= 0.6 is 0 Å². The third-order valence-electron chi connectivity index (χ3n) is 3.01. The van der Waals surface area contributed by atoms with Crippen LogP contribution in [0.4, 0.5) is 0 Å². The summed E-state index contributed by atoms with van der Waals surface area (Å²) in [5, 5.41) is 0. The molecule has 0 amide bonds. The molecule has 82 valence electrons. The topological polar surface area (TPSA) is 35.2 Å². The molecule has 2 N–H and O–H groups in total. The molecule has 2 atom stereocenters. The van der Waals surface area contributed by atoms with E-state index in [1.165, 1.54) is 12.8 Å². The number of para-hydroxylation sites is 1. The van der Waals surface area contributed by atoms with Crippen LogP contribution in [0.15, 0.2) is 24.3 Å². The lowest BCUT2D eigenvalue weighted by molar-refractivity contribution is 0.147. The van der Waals surface area contributed by atoms with Gasteiger partial charge in [0.1, 0.15) is 11.9 Å². The predicted octanol–water partition coefficient (Wildman–Crippen LogP) is 3.03. The average Bonchev–Trinajstić information content (AvgIpc) is 2.26. The van der Waals surface area contributed by atoms with E-state index < -0.39 is 0 Å². The lowest BCUT2D eigenvalue weighted by Crippen LogP contribution is -2.29. The van der Waals surface area contributed by atoms with E-state index in [1.54, 1.807) is 0 Å². The quantitative estimate of drug-likeness (QED) is 0.823. The van der Waals surface area contributed by atoms with Gasteiger partial charge in [-0.25, -0.2) is 0 Å². The molecule has 0 aromatic heterocycles. The molecular formula is C13H19NO. The average molecular weight is 205 g/mol. The minimum atomic E-state index is 0.150. The van der Waals surface area contributed by atoms with Crippen molar-refractivity contribution in [2.75, 3.05) is 0 Å². The molecule has 1 aromatic carbocycles. The van der Waals surface area contributed by atoms with Gasteiger partial charge >= 0.3 is 0 Å². The van der Waals surface area contributed by atoms with Crippen LogP contribution in [0.2, 0.25) is 0 Å². The summed E-state index contributed by atoms with van der Waals surface area (Å²) in [7, 11) is 0. The fourth-order valence-corrected chi connectivity index (χ4v) is 2.14. The van der Waals surface area contributed by atoms with Crippen molar-refractivity contribution >= 4 is 0 Å². The summed E-state index contributed by atoms with van der Waals surface area (Å²) in [6.45, 7) is 2.21. The molecule has 2 unspecified atom stereocenters. The van der Waals surface area contributed by atoms with Crippen molar-refractivity contribution in [3.05, 3.63) is 29.8 Å². The van der Waals surface area contributed by atoms with Gasteiger partial charge in [-0.15, -0.1) is 0 Å². The first-order valence-electron chi connectivity index (χ1n) is 5.82. The zero-order valence-corrected chi connectivity index (χ0v) is 9.28. The highest BCUT2D eigenvalue weighted by molar-refractivity contribution is 5.37. The second-order valence-electron chi connectivity index (χ2n) is 4.26. The first-order valence-corrected chi connectivity index (χ1v) is 5.82. The van der Waals surface area contributed by atoms with Crippen molar-refractivity contribution in [2.24, 2.45) is 5.73 Å². The summed E-state index contributed by atoms with van der Waals surface area (Å²) in [6.07, 6.45) is 4.83. The van der Waals surface area contributed by atoms with Gasteiger partial charge in [0.2, 0.25) is 0 Å². The SMILES string of the molecule is CCCCC1CC(N)c2ccccc2O1. The van der Waals surface area contributed by atoms with Crippen LogP contribution in [0.3, 0.4) is 0 Å². The van der Waals surface area contributed by atoms with Gasteiger partial charge in [-0.3, -0.25) is 0 Å². The molecule has 0 saturated heterocycles. The fourth-order valence-electron chi connectivity index (χ4n) is 2.14. The molecule has 1 aromatic rings. The number of hydrogen-bond acceptors (Lipinski definition) is 2. The number of hydrogen-bond donors (Lipinski definition) is 1. The van der Waals surface area contributed by atoms with Crippen LogP contribution in [-0.4, -0.2) is 6.10 Å². The lowest BCUT2D eigenvalue weighted by atomic mass is 9.95. The molecule has 0 saturated carbocycles. The van der Waals surface area contributed by atoms with E-state index in [1.807, 2.05) is 18.2 Å². The van der Waals surface area contributed by atoms with Crippen LogP contribution in [-0.2, 0) is 0 Å². The second kappa shape index (κ2) is 4.67. The highest BCUT2D eigenvalue weighted by Gasteiger charge is 2.24. The highest BCUT2D eigenvalue weighted by atomic mass is 16.5. The minimum absolute atomic E-state index is 0.150. The Morgan fingerprint density at radius 2 is 2.20 bits per heavy atom. The van der Waals surface area contributed by atoms with Gasteiger partial charge in [0.25, 0.3) is 0 Å². The summed E-state index contributed by atoms with van der Waals surface area (Å²) in [4.78, 5) is 0. The maximum Gasteiger partial charge on any atom is 0.124 e. The Balaban J connectivity index is 2.08. The molecule has 2 rings (SSSR count). The van der Waals surface area contributed by atoms with Gasteiger partial charge in [0, 0.05) is 18.0 Å². The summed E-state index contributed by atoms with van der Waals surface area (Å²) >= 11 is 0. The van der Waals surface area contributed by atoms with Gasteiger partial charge in [-0.2, -0.15) is 0 Å². The predicted molar refractivity (Wildman–Crippen MR) is 61.9 cm³/mol. The smallest absolute Gasteiger partial charge is 0.124 e. The van der Waals surface area contributed by atoms with Crippen molar-refractivity contribution in [1.29, 1.82) is 0 Å². The number of fused-ring (bicyclic) bond motifs is 1. The Kier molecular flexibility index (Phi) is 3.27. The number of unbranched alkanes of at least 4 members (excludes halogenated alkanes) is 1. The molecule has 0 aliphatic carbocycles. The van der Waals surface area contributed by atoms with Crippen molar-refractivity contribution in [1.82, 2.24) is 0 Å². The zero-order chi connectivity index (χ0) is 10.7. The van der Waals surface area contributed by atoms with Gasteiger partial charge in [-0.1, -0.05) is 38.0 Å². The van der Waals surface area contributed by atoms with Crippen LogP contribution in [0, 0.1) is 0 Å². The summed E-state index contributed by atoms with van der Waals surface area (Å²) in [6, 6.07) is 8.27. The maximum atomic E-state index is 6.13. The molecular weight excluding hydrogens is 186 g/mol. The second-order valence-corrected chi connectivity index (χ2v) is 4.26. The van der Waals surface area contributed by atoms with Crippen molar-refractivity contribution in [3.8, 4) is 5.75 Å². The molecule has 0 fully saturated rings. The van der Waals surface area contributed by atoms with E-state index in [9.17, 15) is 0 Å². The van der Waals surface area contributed by atoms with Crippen LogP contribution in [0.5, 0.6) is 5.75 Å². The fraction of sp³-hybridized carbons (Fsp3) is 0.538. The largest absolute Gasteiger partial charge is 0.490 e. The Morgan fingerprint density at radius 1 is 1.40 bits per heavy atom. The van der Waals surface area contributed by atoms with E-state index >= 15 is 0 Å². The monoisotopic (exact) mass is 205 g/mol. The van der Waals surface area contributed by atoms with Crippen LogP contribution in [0.1, 0.15) is 44.2 Å². The Morgan fingerprint density at radius 3 is 3.00 bits per heavy atom. The molecule has 1 heterocycles. The molecule has 0 bridgehead atoms. The van der Waals surface area contributed by atoms with E-state index in [-0.39, 0.29) is 6.04 Å². The van der Waals surface area contributed by atoms with E-state index in [2.05, 4.69) is 13.0 Å². The molecule has 15 heavy (non-hydrogen) atoms. The Labute approximate surface area is 91.4 Å². The Hall–Kier alpha value is -1.02. The van der Waals surface area contributed by atoms with Crippen molar-refractivity contribution in [3.63, 3.8) is 0 Å². The van der Waals surface area contributed by atoms with Crippen LogP contribution < -0.4 is 10.5 Å². The number of nitrogens with two attached hydrogens (primary N) is 1. The number of ether oxygens (including phenoxy) is 1. The standard InChI is InChI=1S/C13H19NO/c1-2-3-6-10-9-12(14)11-7-4-5-8-13(11)15-10/h4-5,7-8,10,12H,2-3,6,9,14H2,1H3. The van der Waals surface area contributed by atoms with Gasteiger partial charge < -0.3 is 10.5 Å². The first kappa shape index (κ1) is 10.5. The zero-order valence-electron chi connectivity index (χ0n) is 9.28. The molecule has 2 heteroatoms. The van der Waals surface area contributed by atoms with Crippen LogP contribution in [0.25, 0.3) is 0 Å². The minimum Gasteiger partial charge on any atom is -0.490 e. The van der Waals surface area contributed by atoms with E-state index in [0.717, 1.165) is 24.2 Å². The Bertz CT molecular complexity index is 324. The molecule has 2 nitrogen and oxygen atoms in total. The maximum absolute atomic E-state index is 6.13.